The summed E-state index contributed by atoms with van der Waals surface area (Å²) in [7, 11) is 0. The number of carbonyl (C=O) groups excluding carboxylic acids is 1. The molecule has 7 N–H and O–H groups in total. The number of rotatable bonds is 5. The number of nitrogens with two attached hydrogens (primary N) is 3. The van der Waals surface area contributed by atoms with E-state index in [9.17, 15) is 4.79 Å². The first-order valence-electron chi connectivity index (χ1n) is 11.8. The van der Waals surface area contributed by atoms with Crippen LogP contribution in [0.25, 0.3) is 22.6 Å². The summed E-state index contributed by atoms with van der Waals surface area (Å²) < 4.78 is 1.90. The molecular formula is C28H29ClN6OS. The number of aromatic nitrogens is 2. The van der Waals surface area contributed by atoms with Gasteiger partial charge >= 0.3 is 0 Å². The minimum absolute atomic E-state index is 0.259. The smallest absolute Gasteiger partial charge is 0.257 e. The zero-order valence-corrected chi connectivity index (χ0v) is 21.9. The Morgan fingerprint density at radius 1 is 1.05 bits per heavy atom. The number of carbonyl (C=O) groups is 1. The van der Waals surface area contributed by atoms with Crippen molar-refractivity contribution in [3.63, 3.8) is 0 Å². The summed E-state index contributed by atoms with van der Waals surface area (Å²) in [5.74, 6) is -0.259. The standard InChI is InChI=1S/C26H21ClN4OS.C2H8N2/c1-15(28)24-21-13-7-16-6-8-17(29-26(32)20-4-2-3-5-23(20)27)14-22(16)25(21)31(30-24)18-9-11-19(33)12-10-18;3-1-2-4/h2-6,8-12,14,33H,1,7,13,28H2,(H,29,32);1-4H2. The number of anilines is 1. The normalized spacial score (nSPS) is 11.6. The fourth-order valence-electron chi connectivity index (χ4n) is 4.20. The summed E-state index contributed by atoms with van der Waals surface area (Å²) in [4.78, 5) is 13.7. The Kier molecular flexibility index (Phi) is 8.35. The highest BCUT2D eigenvalue weighted by Gasteiger charge is 2.27. The van der Waals surface area contributed by atoms with Crippen LogP contribution in [0, 0.1) is 0 Å². The van der Waals surface area contributed by atoms with Crippen LogP contribution in [0.1, 0.15) is 27.2 Å². The number of halogens is 1. The first-order valence-corrected chi connectivity index (χ1v) is 12.6. The molecule has 1 aliphatic carbocycles. The van der Waals surface area contributed by atoms with Crippen LogP contribution in [-0.2, 0) is 12.8 Å². The van der Waals surface area contributed by atoms with Gasteiger partial charge < -0.3 is 22.5 Å². The van der Waals surface area contributed by atoms with E-state index in [1.165, 1.54) is 5.56 Å². The van der Waals surface area contributed by atoms with E-state index in [1.807, 2.05) is 47.1 Å². The van der Waals surface area contributed by atoms with E-state index in [0.29, 0.717) is 40.8 Å². The molecule has 1 amide bonds. The van der Waals surface area contributed by atoms with Crippen molar-refractivity contribution >= 4 is 41.5 Å². The van der Waals surface area contributed by atoms with Gasteiger partial charge in [0.1, 0.15) is 5.69 Å². The molecule has 7 nitrogen and oxygen atoms in total. The first-order chi connectivity index (χ1) is 17.8. The third kappa shape index (κ3) is 5.73. The molecule has 190 valence electrons. The van der Waals surface area contributed by atoms with Crippen LogP contribution in [0.2, 0.25) is 5.02 Å². The van der Waals surface area contributed by atoms with Gasteiger partial charge in [0.05, 0.1) is 27.7 Å². The maximum atomic E-state index is 12.8. The lowest BCUT2D eigenvalue weighted by molar-refractivity contribution is 0.102. The molecule has 1 aliphatic rings. The Morgan fingerprint density at radius 2 is 1.76 bits per heavy atom. The van der Waals surface area contributed by atoms with Crippen LogP contribution in [-0.4, -0.2) is 28.8 Å². The topological polar surface area (TPSA) is 125 Å². The van der Waals surface area contributed by atoms with Crippen molar-refractivity contribution in [3.8, 4) is 16.9 Å². The number of hydrogen-bond acceptors (Lipinski definition) is 6. The predicted molar refractivity (Wildman–Crippen MR) is 154 cm³/mol. The van der Waals surface area contributed by atoms with Crippen LogP contribution < -0.4 is 22.5 Å². The number of hydrogen-bond donors (Lipinski definition) is 5. The quantitative estimate of drug-likeness (QED) is 0.239. The number of amides is 1. The Hall–Kier alpha value is -3.56. The molecule has 9 heteroatoms. The molecule has 0 saturated carbocycles. The summed E-state index contributed by atoms with van der Waals surface area (Å²) in [5, 5.41) is 8.18. The summed E-state index contributed by atoms with van der Waals surface area (Å²) in [5.41, 5.74) is 23.2. The zero-order chi connectivity index (χ0) is 26.5. The highest BCUT2D eigenvalue weighted by Crippen LogP contribution is 2.39. The molecular weight excluding hydrogens is 504 g/mol. The number of aryl methyl sites for hydroxylation is 1. The van der Waals surface area contributed by atoms with Gasteiger partial charge in [0.25, 0.3) is 5.91 Å². The molecule has 0 fully saturated rings. The van der Waals surface area contributed by atoms with Gasteiger partial charge in [-0.25, -0.2) is 4.68 Å². The molecule has 0 spiro atoms. The maximum Gasteiger partial charge on any atom is 0.257 e. The number of fused-ring (bicyclic) bond motifs is 3. The van der Waals surface area contributed by atoms with E-state index in [-0.39, 0.29) is 5.91 Å². The van der Waals surface area contributed by atoms with Crippen LogP contribution in [0.15, 0.2) is 78.2 Å². The number of nitrogens with zero attached hydrogens (tertiary/aromatic N) is 2. The fourth-order valence-corrected chi connectivity index (χ4v) is 4.57. The lowest BCUT2D eigenvalue weighted by atomic mass is 9.88. The molecule has 5 rings (SSSR count). The second-order valence-electron chi connectivity index (χ2n) is 8.51. The first kappa shape index (κ1) is 26.5. The van der Waals surface area contributed by atoms with Crippen molar-refractivity contribution in [2.24, 2.45) is 17.2 Å². The van der Waals surface area contributed by atoms with E-state index in [0.717, 1.165) is 40.2 Å². The van der Waals surface area contributed by atoms with E-state index < -0.39 is 0 Å². The summed E-state index contributed by atoms with van der Waals surface area (Å²) >= 11 is 10.6. The zero-order valence-electron chi connectivity index (χ0n) is 20.2. The monoisotopic (exact) mass is 532 g/mol. The molecule has 0 bridgehead atoms. The lowest BCUT2D eigenvalue weighted by Gasteiger charge is -2.20. The Labute approximate surface area is 226 Å². The number of nitrogens with one attached hydrogen (secondary N) is 1. The summed E-state index contributed by atoms with van der Waals surface area (Å²) in [6, 6.07) is 20.7. The van der Waals surface area contributed by atoms with Gasteiger partial charge in [-0.3, -0.25) is 4.79 Å². The summed E-state index contributed by atoms with van der Waals surface area (Å²) in [6.45, 7) is 5.12. The molecule has 3 aromatic carbocycles. The molecule has 0 aliphatic heterocycles. The Morgan fingerprint density at radius 3 is 2.41 bits per heavy atom. The fraction of sp³-hybridized carbons (Fsp3) is 0.143. The lowest BCUT2D eigenvalue weighted by Crippen LogP contribution is -2.13. The molecule has 37 heavy (non-hydrogen) atoms. The number of benzene rings is 3. The predicted octanol–water partition coefficient (Wildman–Crippen LogP) is 4.67. The molecule has 1 heterocycles. The van der Waals surface area contributed by atoms with Crippen molar-refractivity contribution < 1.29 is 4.79 Å². The molecule has 1 aromatic heterocycles. The van der Waals surface area contributed by atoms with E-state index in [1.54, 1.807) is 24.3 Å². The summed E-state index contributed by atoms with van der Waals surface area (Å²) in [6.07, 6.45) is 1.66. The second kappa shape index (κ2) is 11.7. The SMILES string of the molecule is C=C(N)c1nn(-c2ccc(S)cc2)c2c1CCc1ccc(NC(=O)c3ccccc3Cl)cc1-2.NCCN. The minimum atomic E-state index is -0.259. The van der Waals surface area contributed by atoms with E-state index in [2.05, 4.69) is 24.5 Å². The van der Waals surface area contributed by atoms with Crippen molar-refractivity contribution in [1.82, 2.24) is 9.78 Å². The van der Waals surface area contributed by atoms with Crippen LogP contribution in [0.5, 0.6) is 0 Å². The second-order valence-corrected chi connectivity index (χ2v) is 9.44. The average Bonchev–Trinajstić information content (AvgIpc) is 3.30. The van der Waals surface area contributed by atoms with Gasteiger partial charge in [-0.1, -0.05) is 36.4 Å². The van der Waals surface area contributed by atoms with Gasteiger partial charge in [-0.2, -0.15) is 5.10 Å². The van der Waals surface area contributed by atoms with Crippen LogP contribution in [0.3, 0.4) is 0 Å². The van der Waals surface area contributed by atoms with Gasteiger partial charge in [0, 0.05) is 34.8 Å². The molecule has 0 radical (unpaired) electrons. The van der Waals surface area contributed by atoms with Gasteiger partial charge in [0.15, 0.2) is 0 Å². The highest BCUT2D eigenvalue weighted by atomic mass is 35.5. The largest absolute Gasteiger partial charge is 0.397 e. The van der Waals surface area contributed by atoms with Crippen molar-refractivity contribution in [3.05, 3.63) is 101 Å². The molecule has 0 unspecified atom stereocenters. The molecule has 0 saturated heterocycles. The number of thiol groups is 1. The third-order valence-corrected chi connectivity index (χ3v) is 6.56. The maximum absolute atomic E-state index is 12.8. The molecule has 0 atom stereocenters. The van der Waals surface area contributed by atoms with E-state index in [4.69, 9.17) is 33.9 Å². The average molecular weight is 533 g/mol. The van der Waals surface area contributed by atoms with E-state index >= 15 is 0 Å². The van der Waals surface area contributed by atoms with Gasteiger partial charge in [-0.05, 0) is 66.9 Å². The Balaban J connectivity index is 0.000000747. The Bertz CT molecular complexity index is 1450. The molecule has 4 aromatic rings. The van der Waals surface area contributed by atoms with Crippen LogP contribution >= 0.6 is 24.2 Å². The van der Waals surface area contributed by atoms with Crippen LogP contribution in [0.4, 0.5) is 5.69 Å². The minimum Gasteiger partial charge on any atom is -0.397 e. The van der Waals surface area contributed by atoms with Gasteiger partial charge in [0.2, 0.25) is 0 Å². The highest BCUT2D eigenvalue weighted by molar-refractivity contribution is 7.80. The van der Waals surface area contributed by atoms with Crippen molar-refractivity contribution in [2.45, 2.75) is 17.7 Å². The van der Waals surface area contributed by atoms with Crippen molar-refractivity contribution in [1.29, 1.82) is 0 Å². The van der Waals surface area contributed by atoms with Crippen molar-refractivity contribution in [2.75, 3.05) is 18.4 Å². The van der Waals surface area contributed by atoms with Gasteiger partial charge in [-0.15, -0.1) is 12.6 Å². The third-order valence-electron chi connectivity index (χ3n) is 5.93.